The third kappa shape index (κ3) is 8.02. The van der Waals surface area contributed by atoms with Crippen molar-refractivity contribution in [1.29, 1.82) is 0 Å². The van der Waals surface area contributed by atoms with Gasteiger partial charge in [-0.15, -0.1) is 0 Å². The molecule has 2 unspecified atom stereocenters. The Labute approximate surface area is 136 Å². The highest BCUT2D eigenvalue weighted by atomic mass is 16.6. The second-order valence-electron chi connectivity index (χ2n) is 8.49. The summed E-state index contributed by atoms with van der Waals surface area (Å²) < 4.78 is 5.31. The molecule has 0 aliphatic heterocycles. The summed E-state index contributed by atoms with van der Waals surface area (Å²) in [6.07, 6.45) is 6.95. The molecule has 1 rings (SSSR count). The maximum atomic E-state index is 11.8. The van der Waals surface area contributed by atoms with Crippen LogP contribution < -0.4 is 10.6 Å². The van der Waals surface area contributed by atoms with Crippen LogP contribution in [-0.4, -0.2) is 30.3 Å². The normalized spacial score (nSPS) is 22.9. The van der Waals surface area contributed by atoms with Crippen LogP contribution in [0.2, 0.25) is 0 Å². The van der Waals surface area contributed by atoms with Gasteiger partial charge in [0.1, 0.15) is 5.60 Å². The molecule has 0 saturated heterocycles. The van der Waals surface area contributed by atoms with Crippen molar-refractivity contribution in [3.05, 3.63) is 0 Å². The average Bonchev–Trinajstić information content (AvgIpc) is 2.33. The molecule has 2 atom stereocenters. The van der Waals surface area contributed by atoms with Crippen molar-refractivity contribution in [2.45, 2.75) is 97.8 Å². The fourth-order valence-corrected chi connectivity index (χ4v) is 3.29. The number of rotatable bonds is 6. The quantitative estimate of drug-likeness (QED) is 0.771. The van der Waals surface area contributed by atoms with Gasteiger partial charge >= 0.3 is 6.09 Å². The van der Waals surface area contributed by atoms with E-state index in [2.05, 4.69) is 31.4 Å². The van der Waals surface area contributed by atoms with Crippen LogP contribution in [0.5, 0.6) is 0 Å². The van der Waals surface area contributed by atoms with E-state index in [1.54, 1.807) is 0 Å². The summed E-state index contributed by atoms with van der Waals surface area (Å²) in [4.78, 5) is 11.8. The molecule has 0 bridgehead atoms. The highest BCUT2D eigenvalue weighted by Gasteiger charge is 2.29. The number of carbonyl (C=O) groups is 1. The number of alkyl carbamates (subject to hydrolysis) is 1. The Bertz CT molecular complexity index is 347. The highest BCUT2D eigenvalue weighted by Crippen LogP contribution is 2.35. The van der Waals surface area contributed by atoms with Crippen molar-refractivity contribution >= 4 is 6.09 Å². The lowest BCUT2D eigenvalue weighted by molar-refractivity contribution is 0.0519. The second-order valence-corrected chi connectivity index (χ2v) is 8.49. The van der Waals surface area contributed by atoms with Gasteiger partial charge in [-0.25, -0.2) is 4.79 Å². The summed E-state index contributed by atoms with van der Waals surface area (Å²) in [6, 6.07) is 0.900. The maximum Gasteiger partial charge on any atom is 0.407 e. The Balaban J connectivity index is 2.43. The minimum Gasteiger partial charge on any atom is -0.444 e. The van der Waals surface area contributed by atoms with E-state index in [1.165, 1.54) is 25.7 Å². The van der Waals surface area contributed by atoms with Gasteiger partial charge in [0.25, 0.3) is 0 Å². The molecule has 130 valence electrons. The van der Waals surface area contributed by atoms with E-state index in [9.17, 15) is 4.79 Å². The van der Waals surface area contributed by atoms with Crippen LogP contribution in [0.25, 0.3) is 0 Å². The molecule has 22 heavy (non-hydrogen) atoms. The third-order valence-electron chi connectivity index (χ3n) is 4.21. The average molecular weight is 312 g/mol. The molecule has 0 aromatic carbocycles. The maximum absolute atomic E-state index is 11.8. The van der Waals surface area contributed by atoms with Crippen molar-refractivity contribution in [3.8, 4) is 0 Å². The first-order valence-corrected chi connectivity index (χ1v) is 8.84. The molecule has 1 amide bonds. The van der Waals surface area contributed by atoms with Crippen LogP contribution in [0.15, 0.2) is 0 Å². The topological polar surface area (TPSA) is 50.4 Å². The minimum atomic E-state index is -0.439. The molecule has 1 aliphatic rings. The van der Waals surface area contributed by atoms with Gasteiger partial charge in [0.05, 0.1) is 0 Å². The van der Waals surface area contributed by atoms with E-state index in [0.29, 0.717) is 24.0 Å². The Morgan fingerprint density at radius 3 is 2.59 bits per heavy atom. The van der Waals surface area contributed by atoms with E-state index < -0.39 is 5.60 Å². The van der Waals surface area contributed by atoms with E-state index in [4.69, 9.17) is 4.74 Å². The molecule has 0 aromatic heterocycles. The zero-order valence-corrected chi connectivity index (χ0v) is 15.4. The zero-order chi connectivity index (χ0) is 16.8. The first-order chi connectivity index (χ1) is 10.1. The number of carbonyl (C=O) groups excluding carboxylic acids is 1. The predicted molar refractivity (Wildman–Crippen MR) is 92.1 cm³/mol. The number of nitrogens with one attached hydrogen (secondary N) is 2. The number of ether oxygens (including phenoxy) is 1. The van der Waals surface area contributed by atoms with Gasteiger partial charge in [-0.2, -0.15) is 0 Å². The van der Waals surface area contributed by atoms with Gasteiger partial charge in [0.2, 0.25) is 0 Å². The molecular formula is C18H36N2O2. The summed E-state index contributed by atoms with van der Waals surface area (Å²) in [6.45, 7) is 13.2. The van der Waals surface area contributed by atoms with Crippen LogP contribution in [-0.2, 0) is 4.74 Å². The molecular weight excluding hydrogens is 276 g/mol. The summed E-state index contributed by atoms with van der Waals surface area (Å²) >= 11 is 0. The lowest BCUT2D eigenvalue weighted by atomic mass is 9.75. The summed E-state index contributed by atoms with van der Waals surface area (Å²) in [5.74, 6) is 0. The van der Waals surface area contributed by atoms with E-state index in [0.717, 1.165) is 12.8 Å². The molecule has 0 spiro atoms. The molecule has 1 aliphatic carbocycles. The molecule has 4 nitrogen and oxygen atoms in total. The largest absolute Gasteiger partial charge is 0.444 e. The molecule has 0 heterocycles. The van der Waals surface area contributed by atoms with Crippen molar-refractivity contribution < 1.29 is 9.53 Å². The summed E-state index contributed by atoms with van der Waals surface area (Å²) in [7, 11) is 0. The van der Waals surface area contributed by atoms with Gasteiger partial charge in [0.15, 0.2) is 0 Å². The molecule has 2 N–H and O–H groups in total. The van der Waals surface area contributed by atoms with Crippen LogP contribution in [0.1, 0.15) is 80.1 Å². The second kappa shape index (κ2) is 8.19. The molecule has 1 saturated carbocycles. The molecule has 1 fully saturated rings. The van der Waals surface area contributed by atoms with E-state index in [1.807, 2.05) is 20.8 Å². The third-order valence-corrected chi connectivity index (χ3v) is 4.21. The monoisotopic (exact) mass is 312 g/mol. The number of amides is 1. The number of hydrogen-bond acceptors (Lipinski definition) is 3. The van der Waals surface area contributed by atoms with Crippen LogP contribution >= 0.6 is 0 Å². The van der Waals surface area contributed by atoms with Crippen molar-refractivity contribution in [1.82, 2.24) is 10.6 Å². The Morgan fingerprint density at radius 2 is 2.05 bits per heavy atom. The lowest BCUT2D eigenvalue weighted by Gasteiger charge is -2.37. The van der Waals surface area contributed by atoms with Crippen LogP contribution in [0.4, 0.5) is 4.79 Å². The number of hydrogen-bond donors (Lipinski definition) is 2. The standard InChI is InChI=1S/C18H36N2O2/c1-7-9-15(13-19-16(21)22-17(2,3)4)20-14-10-8-11-18(5,6)12-14/h14-15,20H,7-13H2,1-6H3,(H,19,21). The minimum absolute atomic E-state index is 0.320. The first-order valence-electron chi connectivity index (χ1n) is 8.84. The van der Waals surface area contributed by atoms with Gasteiger partial charge in [-0.1, -0.05) is 33.6 Å². The molecule has 4 heteroatoms. The SMILES string of the molecule is CCCC(CNC(=O)OC(C)(C)C)NC1CCCC(C)(C)C1. The Morgan fingerprint density at radius 1 is 1.36 bits per heavy atom. The smallest absolute Gasteiger partial charge is 0.407 e. The molecule has 0 radical (unpaired) electrons. The summed E-state index contributed by atoms with van der Waals surface area (Å²) in [5.41, 5.74) is -0.00354. The molecule has 0 aromatic rings. The Hall–Kier alpha value is -0.770. The Kier molecular flexibility index (Phi) is 7.17. The van der Waals surface area contributed by atoms with Crippen molar-refractivity contribution in [3.63, 3.8) is 0 Å². The van der Waals surface area contributed by atoms with Gasteiger partial charge in [-0.3, -0.25) is 0 Å². The predicted octanol–water partition coefficient (Wildman–Crippen LogP) is 4.24. The fraction of sp³-hybridized carbons (Fsp3) is 0.944. The first kappa shape index (κ1) is 19.3. The lowest BCUT2D eigenvalue weighted by Crippen LogP contribution is -2.48. The van der Waals surface area contributed by atoms with Gasteiger partial charge in [-0.05, 0) is 51.9 Å². The van der Waals surface area contributed by atoms with Crippen LogP contribution in [0.3, 0.4) is 0 Å². The fourth-order valence-electron chi connectivity index (χ4n) is 3.29. The van der Waals surface area contributed by atoms with Gasteiger partial charge < -0.3 is 15.4 Å². The van der Waals surface area contributed by atoms with Crippen molar-refractivity contribution in [2.24, 2.45) is 5.41 Å². The van der Waals surface area contributed by atoms with Crippen molar-refractivity contribution in [2.75, 3.05) is 6.54 Å². The zero-order valence-electron chi connectivity index (χ0n) is 15.4. The summed E-state index contributed by atoms with van der Waals surface area (Å²) in [5, 5.41) is 6.67. The van der Waals surface area contributed by atoms with Crippen LogP contribution in [0, 0.1) is 5.41 Å². The highest BCUT2D eigenvalue weighted by molar-refractivity contribution is 5.67. The van der Waals surface area contributed by atoms with Gasteiger partial charge in [0, 0.05) is 18.6 Å². The van der Waals surface area contributed by atoms with E-state index >= 15 is 0 Å². The van der Waals surface area contributed by atoms with E-state index in [-0.39, 0.29) is 6.09 Å².